The number of carbonyl (C=O) groups is 2. The Morgan fingerprint density at radius 2 is 2.22 bits per heavy atom. The van der Waals surface area contributed by atoms with E-state index < -0.39 is 5.97 Å². The molecule has 18 heavy (non-hydrogen) atoms. The predicted octanol–water partition coefficient (Wildman–Crippen LogP) is -0.148. The van der Waals surface area contributed by atoms with E-state index >= 15 is 0 Å². The molecule has 1 aromatic heterocycles. The van der Waals surface area contributed by atoms with Gasteiger partial charge in [-0.15, -0.1) is 5.10 Å². The van der Waals surface area contributed by atoms with Crippen molar-refractivity contribution in [3.8, 4) is 0 Å². The van der Waals surface area contributed by atoms with Crippen molar-refractivity contribution in [2.45, 2.75) is 13.5 Å². The third-order valence-corrected chi connectivity index (χ3v) is 1.93. The maximum absolute atomic E-state index is 11.2. The molecule has 0 aromatic carbocycles. The van der Waals surface area contributed by atoms with Crippen LogP contribution in [0.15, 0.2) is 18.3 Å². The third kappa shape index (κ3) is 4.64. The molecule has 0 saturated heterocycles. The molecule has 0 aliphatic heterocycles. The minimum atomic E-state index is -1.13. The maximum Gasteiger partial charge on any atom is 0.358 e. The molecule has 1 rings (SSSR count). The van der Waals surface area contributed by atoms with E-state index in [-0.39, 0.29) is 11.7 Å². The van der Waals surface area contributed by atoms with Crippen LogP contribution in [0, 0.1) is 0 Å². The summed E-state index contributed by atoms with van der Waals surface area (Å²) in [5, 5.41) is 20.9. The molecule has 0 atom stereocenters. The number of carboxylic acids is 1. The molecule has 98 valence electrons. The SMILES string of the molecule is C=C(C)CNC(=O)NCCn1cc(C(=O)O)nn1. The van der Waals surface area contributed by atoms with Crippen LogP contribution in [0.2, 0.25) is 0 Å². The van der Waals surface area contributed by atoms with Crippen molar-refractivity contribution in [1.29, 1.82) is 0 Å². The van der Waals surface area contributed by atoms with Gasteiger partial charge in [0, 0.05) is 13.1 Å². The molecule has 0 fully saturated rings. The first-order valence-electron chi connectivity index (χ1n) is 5.28. The second kappa shape index (κ2) is 6.38. The van der Waals surface area contributed by atoms with E-state index in [2.05, 4.69) is 27.5 Å². The molecule has 0 aliphatic rings. The fraction of sp³-hybridized carbons (Fsp3) is 0.400. The van der Waals surface area contributed by atoms with Crippen molar-refractivity contribution in [2.24, 2.45) is 0 Å². The second-order valence-corrected chi connectivity index (χ2v) is 3.74. The van der Waals surface area contributed by atoms with Crippen LogP contribution in [0.3, 0.4) is 0 Å². The number of urea groups is 1. The fourth-order valence-corrected chi connectivity index (χ4v) is 1.08. The summed E-state index contributed by atoms with van der Waals surface area (Å²) in [5.74, 6) is -1.13. The van der Waals surface area contributed by atoms with Crippen LogP contribution in [0.4, 0.5) is 4.79 Å². The Morgan fingerprint density at radius 3 is 2.78 bits per heavy atom. The minimum absolute atomic E-state index is 0.123. The molecular formula is C10H15N5O3. The van der Waals surface area contributed by atoms with Crippen molar-refractivity contribution in [1.82, 2.24) is 25.6 Å². The second-order valence-electron chi connectivity index (χ2n) is 3.74. The Kier molecular flexibility index (Phi) is 4.85. The van der Waals surface area contributed by atoms with Gasteiger partial charge in [-0.3, -0.25) is 0 Å². The normalized spacial score (nSPS) is 9.83. The molecule has 0 radical (unpaired) electrons. The lowest BCUT2D eigenvalue weighted by Gasteiger charge is -2.06. The number of hydrogen-bond acceptors (Lipinski definition) is 4. The predicted molar refractivity (Wildman–Crippen MR) is 63.2 cm³/mol. The van der Waals surface area contributed by atoms with E-state index in [1.165, 1.54) is 10.9 Å². The molecule has 0 spiro atoms. The Morgan fingerprint density at radius 1 is 1.50 bits per heavy atom. The highest BCUT2D eigenvalue weighted by atomic mass is 16.4. The number of nitrogens with zero attached hydrogens (tertiary/aromatic N) is 3. The first-order chi connectivity index (χ1) is 8.49. The van der Waals surface area contributed by atoms with Gasteiger partial charge < -0.3 is 15.7 Å². The highest BCUT2D eigenvalue weighted by Gasteiger charge is 2.07. The molecule has 8 heteroatoms. The molecule has 3 N–H and O–H groups in total. The van der Waals surface area contributed by atoms with E-state index in [1.807, 2.05) is 6.92 Å². The molecule has 0 unspecified atom stereocenters. The minimum Gasteiger partial charge on any atom is -0.476 e. The summed E-state index contributed by atoms with van der Waals surface area (Å²) in [7, 11) is 0. The summed E-state index contributed by atoms with van der Waals surface area (Å²) in [5.41, 5.74) is 0.731. The van der Waals surface area contributed by atoms with Crippen molar-refractivity contribution in [3.05, 3.63) is 24.0 Å². The van der Waals surface area contributed by atoms with Crippen molar-refractivity contribution >= 4 is 12.0 Å². The standard InChI is InChI=1S/C10H15N5O3/c1-7(2)5-12-10(18)11-3-4-15-6-8(9(16)17)13-14-15/h6H,1,3-5H2,2H3,(H,16,17)(H2,11,12,18). The molecular weight excluding hydrogens is 238 g/mol. The van der Waals surface area contributed by atoms with E-state index in [9.17, 15) is 9.59 Å². The lowest BCUT2D eigenvalue weighted by molar-refractivity contribution is 0.0690. The Bertz CT molecular complexity index is 454. The van der Waals surface area contributed by atoms with E-state index in [0.717, 1.165) is 5.57 Å². The Hall–Kier alpha value is -2.38. The van der Waals surface area contributed by atoms with E-state index in [4.69, 9.17) is 5.11 Å². The van der Waals surface area contributed by atoms with Crippen LogP contribution >= 0.6 is 0 Å². The first kappa shape index (κ1) is 13.7. The lowest BCUT2D eigenvalue weighted by Crippen LogP contribution is -2.37. The zero-order valence-electron chi connectivity index (χ0n) is 10.0. The first-order valence-corrected chi connectivity index (χ1v) is 5.28. The number of aromatic nitrogens is 3. The zero-order chi connectivity index (χ0) is 13.5. The van der Waals surface area contributed by atoms with Crippen molar-refractivity contribution in [2.75, 3.05) is 13.1 Å². The van der Waals surface area contributed by atoms with Gasteiger partial charge in [-0.2, -0.15) is 0 Å². The van der Waals surface area contributed by atoms with Gasteiger partial charge in [0.25, 0.3) is 0 Å². The number of carbonyl (C=O) groups excluding carboxylic acids is 1. The molecule has 1 aromatic rings. The Labute approximate surface area is 104 Å². The van der Waals surface area contributed by atoms with Crippen LogP contribution in [0.5, 0.6) is 0 Å². The highest BCUT2D eigenvalue weighted by Crippen LogP contribution is 1.91. The number of carboxylic acid groups (broad SMARTS) is 1. The average molecular weight is 253 g/mol. The number of amides is 2. The summed E-state index contributed by atoms with van der Waals surface area (Å²) in [6.45, 7) is 6.55. The monoisotopic (exact) mass is 253 g/mol. The number of aromatic carboxylic acids is 1. The van der Waals surface area contributed by atoms with Crippen LogP contribution < -0.4 is 10.6 Å². The van der Waals surface area contributed by atoms with Gasteiger partial charge >= 0.3 is 12.0 Å². The molecule has 8 nitrogen and oxygen atoms in total. The fourth-order valence-electron chi connectivity index (χ4n) is 1.08. The zero-order valence-corrected chi connectivity index (χ0v) is 10.0. The number of hydrogen-bond donors (Lipinski definition) is 3. The summed E-state index contributed by atoms with van der Waals surface area (Å²) < 4.78 is 1.35. The summed E-state index contributed by atoms with van der Waals surface area (Å²) in [6, 6.07) is -0.309. The maximum atomic E-state index is 11.2. The van der Waals surface area contributed by atoms with E-state index in [0.29, 0.717) is 19.6 Å². The Balaban J connectivity index is 2.26. The van der Waals surface area contributed by atoms with Crippen LogP contribution in [-0.2, 0) is 6.54 Å². The smallest absolute Gasteiger partial charge is 0.358 e. The summed E-state index contributed by atoms with van der Waals surface area (Å²) in [4.78, 5) is 21.8. The molecule has 0 saturated carbocycles. The third-order valence-electron chi connectivity index (χ3n) is 1.93. The van der Waals surface area contributed by atoms with Gasteiger partial charge in [-0.25, -0.2) is 14.3 Å². The molecule has 0 aliphatic carbocycles. The van der Waals surface area contributed by atoms with Crippen LogP contribution in [-0.4, -0.2) is 45.2 Å². The average Bonchev–Trinajstić information content (AvgIpc) is 2.75. The topological polar surface area (TPSA) is 109 Å². The van der Waals surface area contributed by atoms with Gasteiger partial charge in [0.2, 0.25) is 0 Å². The number of nitrogens with one attached hydrogen (secondary N) is 2. The van der Waals surface area contributed by atoms with Gasteiger partial charge in [0.05, 0.1) is 12.7 Å². The summed E-state index contributed by atoms with van der Waals surface area (Å²) in [6.07, 6.45) is 1.30. The molecule has 1 heterocycles. The lowest BCUT2D eigenvalue weighted by atomic mass is 10.3. The van der Waals surface area contributed by atoms with Gasteiger partial charge in [-0.1, -0.05) is 17.4 Å². The summed E-state index contributed by atoms with van der Waals surface area (Å²) >= 11 is 0. The van der Waals surface area contributed by atoms with Crippen LogP contribution in [0.25, 0.3) is 0 Å². The van der Waals surface area contributed by atoms with E-state index in [1.54, 1.807) is 0 Å². The highest BCUT2D eigenvalue weighted by molar-refractivity contribution is 5.84. The largest absolute Gasteiger partial charge is 0.476 e. The van der Waals surface area contributed by atoms with Crippen molar-refractivity contribution in [3.63, 3.8) is 0 Å². The molecule has 0 bridgehead atoms. The van der Waals surface area contributed by atoms with Crippen LogP contribution in [0.1, 0.15) is 17.4 Å². The quantitative estimate of drug-likeness (QED) is 0.611. The molecule has 2 amide bonds. The number of rotatable bonds is 6. The van der Waals surface area contributed by atoms with Gasteiger partial charge in [0.1, 0.15) is 0 Å². The van der Waals surface area contributed by atoms with Gasteiger partial charge in [0.15, 0.2) is 5.69 Å². The van der Waals surface area contributed by atoms with Crippen molar-refractivity contribution < 1.29 is 14.7 Å². The van der Waals surface area contributed by atoms with Gasteiger partial charge in [-0.05, 0) is 6.92 Å².